The van der Waals surface area contributed by atoms with Gasteiger partial charge in [-0.2, -0.15) is 0 Å². The molecule has 0 aromatic heterocycles. The van der Waals surface area contributed by atoms with Gasteiger partial charge in [-0.15, -0.1) is 0 Å². The summed E-state index contributed by atoms with van der Waals surface area (Å²) in [4.78, 5) is 11.4. The van der Waals surface area contributed by atoms with Crippen molar-refractivity contribution in [1.29, 1.82) is 0 Å². The number of hydrogen-bond donors (Lipinski definition) is 0. The van der Waals surface area contributed by atoms with Gasteiger partial charge in [0.25, 0.3) is 0 Å². The molecule has 0 heterocycles. The van der Waals surface area contributed by atoms with Crippen molar-refractivity contribution >= 4 is 5.78 Å². The molecule has 0 spiro atoms. The molecule has 2 fully saturated rings. The molecule has 0 amide bonds. The molecule has 0 radical (unpaired) electrons. The predicted octanol–water partition coefficient (Wildman–Crippen LogP) is 2.55. The highest BCUT2D eigenvalue weighted by Gasteiger charge is 2.33. The van der Waals surface area contributed by atoms with Crippen LogP contribution in [0.2, 0.25) is 0 Å². The van der Waals surface area contributed by atoms with E-state index < -0.39 is 0 Å². The number of rotatable bonds is 1. The van der Waals surface area contributed by atoms with Crippen molar-refractivity contribution in [2.75, 3.05) is 0 Å². The fourth-order valence-corrected chi connectivity index (χ4v) is 2.70. The van der Waals surface area contributed by atoms with Crippen LogP contribution in [0, 0.1) is 11.8 Å². The van der Waals surface area contributed by atoms with Crippen LogP contribution in [0.1, 0.15) is 44.9 Å². The molecule has 0 aliphatic heterocycles. The summed E-state index contributed by atoms with van der Waals surface area (Å²) in [7, 11) is 0. The minimum absolute atomic E-state index is 0.484. The van der Waals surface area contributed by atoms with E-state index in [-0.39, 0.29) is 0 Å². The lowest BCUT2D eigenvalue weighted by atomic mass is 9.89. The van der Waals surface area contributed by atoms with Gasteiger partial charge in [-0.3, -0.25) is 4.79 Å². The summed E-state index contributed by atoms with van der Waals surface area (Å²) in [6.07, 6.45) is 8.64. The lowest BCUT2D eigenvalue weighted by molar-refractivity contribution is -0.122. The zero-order valence-corrected chi connectivity index (χ0v) is 7.01. The van der Waals surface area contributed by atoms with Crippen molar-refractivity contribution in [3.63, 3.8) is 0 Å². The normalized spacial score (nSPS) is 33.5. The molecule has 0 bridgehead atoms. The largest absolute Gasteiger partial charge is 0.299 e. The summed E-state index contributed by atoms with van der Waals surface area (Å²) in [5, 5.41) is 0. The minimum atomic E-state index is 0.484. The summed E-state index contributed by atoms with van der Waals surface area (Å²) in [6.45, 7) is 0. The number of hydrogen-bond acceptors (Lipinski definition) is 1. The highest BCUT2D eigenvalue weighted by Crippen LogP contribution is 2.38. The molecule has 0 aromatic carbocycles. The van der Waals surface area contributed by atoms with E-state index >= 15 is 0 Å². The van der Waals surface area contributed by atoms with Crippen LogP contribution in [0.4, 0.5) is 0 Å². The topological polar surface area (TPSA) is 17.1 Å². The minimum Gasteiger partial charge on any atom is -0.299 e. The molecule has 2 rings (SSSR count). The smallest absolute Gasteiger partial charge is 0.136 e. The SMILES string of the molecule is O=C1CCCC1C1CCCC1. The van der Waals surface area contributed by atoms with Crippen LogP contribution in [0.25, 0.3) is 0 Å². The van der Waals surface area contributed by atoms with Crippen LogP contribution in [-0.2, 0) is 4.79 Å². The predicted molar refractivity (Wildman–Crippen MR) is 44.3 cm³/mol. The molecule has 2 aliphatic carbocycles. The van der Waals surface area contributed by atoms with Crippen LogP contribution in [0.15, 0.2) is 0 Å². The quantitative estimate of drug-likeness (QED) is 0.564. The average molecular weight is 152 g/mol. The van der Waals surface area contributed by atoms with Crippen molar-refractivity contribution in [3.05, 3.63) is 0 Å². The first-order valence-electron chi connectivity index (χ1n) is 4.90. The molecule has 62 valence electrons. The Kier molecular flexibility index (Phi) is 1.97. The zero-order chi connectivity index (χ0) is 7.68. The fourth-order valence-electron chi connectivity index (χ4n) is 2.70. The molecule has 2 aliphatic rings. The van der Waals surface area contributed by atoms with E-state index in [1.807, 2.05) is 0 Å². The van der Waals surface area contributed by atoms with Crippen LogP contribution >= 0.6 is 0 Å². The van der Waals surface area contributed by atoms with E-state index in [1.54, 1.807) is 0 Å². The Morgan fingerprint density at radius 2 is 1.73 bits per heavy atom. The summed E-state index contributed by atoms with van der Waals surface area (Å²) in [5.41, 5.74) is 0. The lowest BCUT2D eigenvalue weighted by Crippen LogP contribution is -2.15. The molecule has 0 aromatic rings. The van der Waals surface area contributed by atoms with Crippen LogP contribution in [-0.4, -0.2) is 5.78 Å². The number of carbonyl (C=O) groups excluding carboxylic acids is 1. The van der Waals surface area contributed by atoms with Gasteiger partial charge in [0.1, 0.15) is 5.78 Å². The van der Waals surface area contributed by atoms with Gasteiger partial charge in [-0.25, -0.2) is 0 Å². The second-order valence-electron chi connectivity index (χ2n) is 4.01. The zero-order valence-electron chi connectivity index (χ0n) is 7.01. The van der Waals surface area contributed by atoms with Crippen LogP contribution in [0.3, 0.4) is 0 Å². The third-order valence-corrected chi connectivity index (χ3v) is 3.32. The van der Waals surface area contributed by atoms with Gasteiger partial charge in [0.2, 0.25) is 0 Å². The van der Waals surface area contributed by atoms with Crippen LogP contribution < -0.4 is 0 Å². The molecular formula is C10H16O. The Morgan fingerprint density at radius 1 is 1.00 bits per heavy atom. The standard InChI is InChI=1S/C10H16O/c11-10-7-3-6-9(10)8-4-1-2-5-8/h8-9H,1-7H2. The number of ketones is 1. The summed E-state index contributed by atoms with van der Waals surface area (Å²) >= 11 is 0. The maximum absolute atomic E-state index is 11.4. The molecule has 0 saturated heterocycles. The Labute approximate surface area is 68.2 Å². The van der Waals surface area contributed by atoms with Gasteiger partial charge < -0.3 is 0 Å². The number of Topliss-reactive ketones (excluding diaryl/α,β-unsaturated/α-hetero) is 1. The Hall–Kier alpha value is -0.330. The maximum Gasteiger partial charge on any atom is 0.136 e. The van der Waals surface area contributed by atoms with E-state index in [0.717, 1.165) is 12.3 Å². The van der Waals surface area contributed by atoms with E-state index in [4.69, 9.17) is 0 Å². The van der Waals surface area contributed by atoms with E-state index in [0.29, 0.717) is 11.7 Å². The third-order valence-electron chi connectivity index (χ3n) is 3.32. The molecule has 11 heavy (non-hydrogen) atoms. The van der Waals surface area contributed by atoms with Crippen LogP contribution in [0.5, 0.6) is 0 Å². The molecule has 2 saturated carbocycles. The van der Waals surface area contributed by atoms with E-state index in [9.17, 15) is 4.79 Å². The first-order valence-corrected chi connectivity index (χ1v) is 4.90. The molecule has 1 unspecified atom stereocenters. The number of carbonyl (C=O) groups is 1. The highest BCUT2D eigenvalue weighted by molar-refractivity contribution is 5.83. The molecule has 1 atom stereocenters. The fraction of sp³-hybridized carbons (Fsp3) is 0.900. The van der Waals surface area contributed by atoms with Crippen molar-refractivity contribution < 1.29 is 4.79 Å². The monoisotopic (exact) mass is 152 g/mol. The lowest BCUT2D eigenvalue weighted by Gasteiger charge is -2.14. The summed E-state index contributed by atoms with van der Waals surface area (Å²) in [5.74, 6) is 1.83. The van der Waals surface area contributed by atoms with E-state index in [2.05, 4.69) is 0 Å². The first kappa shape index (κ1) is 7.33. The van der Waals surface area contributed by atoms with Crippen molar-refractivity contribution in [2.24, 2.45) is 11.8 Å². The van der Waals surface area contributed by atoms with Gasteiger partial charge in [0, 0.05) is 12.3 Å². The Bertz CT molecular complexity index is 156. The van der Waals surface area contributed by atoms with Gasteiger partial charge in [-0.1, -0.05) is 12.8 Å². The molecule has 1 heteroatoms. The average Bonchev–Trinajstić information content (AvgIpc) is 2.55. The van der Waals surface area contributed by atoms with Gasteiger partial charge in [-0.05, 0) is 31.6 Å². The van der Waals surface area contributed by atoms with Crippen molar-refractivity contribution in [2.45, 2.75) is 44.9 Å². The Balaban J connectivity index is 1.97. The third kappa shape index (κ3) is 1.33. The highest BCUT2D eigenvalue weighted by atomic mass is 16.1. The first-order chi connectivity index (χ1) is 5.38. The van der Waals surface area contributed by atoms with Gasteiger partial charge in [0.15, 0.2) is 0 Å². The van der Waals surface area contributed by atoms with Crippen molar-refractivity contribution in [1.82, 2.24) is 0 Å². The van der Waals surface area contributed by atoms with Gasteiger partial charge >= 0.3 is 0 Å². The Morgan fingerprint density at radius 3 is 2.27 bits per heavy atom. The van der Waals surface area contributed by atoms with Crippen molar-refractivity contribution in [3.8, 4) is 0 Å². The summed E-state index contributed by atoms with van der Waals surface area (Å²) in [6, 6.07) is 0. The molecule has 0 N–H and O–H groups in total. The van der Waals surface area contributed by atoms with Gasteiger partial charge in [0.05, 0.1) is 0 Å². The molecular weight excluding hydrogens is 136 g/mol. The second-order valence-corrected chi connectivity index (χ2v) is 4.01. The molecule has 1 nitrogen and oxygen atoms in total. The summed E-state index contributed by atoms with van der Waals surface area (Å²) < 4.78 is 0. The van der Waals surface area contributed by atoms with E-state index in [1.165, 1.54) is 38.5 Å². The second kappa shape index (κ2) is 2.96. The maximum atomic E-state index is 11.4.